The van der Waals surface area contributed by atoms with Gasteiger partial charge >= 0.3 is 0 Å². The third-order valence-corrected chi connectivity index (χ3v) is 2.53. The number of hydrogen-bond donors (Lipinski definition) is 2. The maximum absolute atomic E-state index is 8.82. The Morgan fingerprint density at radius 2 is 2.31 bits per heavy atom. The van der Waals surface area contributed by atoms with Crippen molar-refractivity contribution in [1.29, 1.82) is 0 Å². The molecule has 1 atom stereocenters. The number of nitrogens with zero attached hydrogens (tertiary/aromatic N) is 1. The Morgan fingerprint density at radius 1 is 1.62 bits per heavy atom. The Bertz CT molecular complexity index is 291. The molecule has 0 aliphatic carbocycles. The zero-order chi connectivity index (χ0) is 9.84. The van der Waals surface area contributed by atoms with Crippen LogP contribution in [0.15, 0.2) is 16.6 Å². The highest BCUT2D eigenvalue weighted by Crippen LogP contribution is 2.16. The van der Waals surface area contributed by atoms with Gasteiger partial charge in [0.1, 0.15) is 5.82 Å². The van der Waals surface area contributed by atoms with Crippen LogP contribution in [0.3, 0.4) is 0 Å². The predicted octanol–water partition coefficient (Wildman–Crippen LogP) is 1.95. The molecule has 1 heterocycles. The van der Waals surface area contributed by atoms with Crippen LogP contribution in [0.4, 0.5) is 5.82 Å². The summed E-state index contributed by atoms with van der Waals surface area (Å²) in [6.45, 7) is 3.94. The van der Waals surface area contributed by atoms with E-state index in [1.54, 1.807) is 0 Å². The molecule has 2 N–H and O–H groups in total. The average molecular weight is 245 g/mol. The van der Waals surface area contributed by atoms with Crippen molar-refractivity contribution in [2.24, 2.45) is 0 Å². The van der Waals surface area contributed by atoms with Gasteiger partial charge < -0.3 is 10.4 Å². The van der Waals surface area contributed by atoms with Crippen molar-refractivity contribution in [3.05, 3.63) is 22.3 Å². The lowest BCUT2D eigenvalue weighted by Crippen LogP contribution is -2.20. The minimum atomic E-state index is 0.0353. The number of nitrogens with one attached hydrogen (secondary N) is 1. The standard InChI is InChI=1S/C9H13BrN2O/c1-6(5-13)11-9-4-3-8(10)7(2)12-9/h3-4,6,13H,5H2,1-2H3,(H,11,12). The van der Waals surface area contributed by atoms with E-state index in [2.05, 4.69) is 26.2 Å². The van der Waals surface area contributed by atoms with Crippen LogP contribution in [0.5, 0.6) is 0 Å². The fraction of sp³-hybridized carbons (Fsp3) is 0.444. The monoisotopic (exact) mass is 244 g/mol. The van der Waals surface area contributed by atoms with E-state index in [0.29, 0.717) is 0 Å². The van der Waals surface area contributed by atoms with E-state index in [-0.39, 0.29) is 12.6 Å². The number of rotatable bonds is 3. The maximum atomic E-state index is 8.82. The van der Waals surface area contributed by atoms with Gasteiger partial charge in [0.2, 0.25) is 0 Å². The predicted molar refractivity (Wildman–Crippen MR) is 56.8 cm³/mol. The molecular formula is C9H13BrN2O. The largest absolute Gasteiger partial charge is 0.394 e. The quantitative estimate of drug-likeness (QED) is 0.855. The molecular weight excluding hydrogens is 232 g/mol. The van der Waals surface area contributed by atoms with Crippen LogP contribution in [-0.2, 0) is 0 Å². The number of pyridine rings is 1. The van der Waals surface area contributed by atoms with Gasteiger partial charge in [0.15, 0.2) is 0 Å². The Kier molecular flexibility index (Phi) is 3.69. The first-order chi connectivity index (χ1) is 6.13. The van der Waals surface area contributed by atoms with E-state index in [0.717, 1.165) is 16.0 Å². The average Bonchev–Trinajstić information content (AvgIpc) is 2.11. The normalized spacial score (nSPS) is 12.6. The fourth-order valence-electron chi connectivity index (χ4n) is 0.923. The molecule has 0 bridgehead atoms. The van der Waals surface area contributed by atoms with E-state index in [1.807, 2.05) is 26.0 Å². The van der Waals surface area contributed by atoms with Crippen molar-refractivity contribution < 1.29 is 5.11 Å². The summed E-state index contributed by atoms with van der Waals surface area (Å²) in [4.78, 5) is 4.29. The topological polar surface area (TPSA) is 45.2 Å². The maximum Gasteiger partial charge on any atom is 0.126 e. The second-order valence-electron chi connectivity index (χ2n) is 2.99. The van der Waals surface area contributed by atoms with Crippen LogP contribution in [0.25, 0.3) is 0 Å². The van der Waals surface area contributed by atoms with Crippen molar-refractivity contribution in [2.75, 3.05) is 11.9 Å². The lowest BCUT2D eigenvalue weighted by molar-refractivity contribution is 0.281. The highest BCUT2D eigenvalue weighted by atomic mass is 79.9. The summed E-state index contributed by atoms with van der Waals surface area (Å²) in [5, 5.41) is 11.9. The van der Waals surface area contributed by atoms with Crippen molar-refractivity contribution >= 4 is 21.7 Å². The van der Waals surface area contributed by atoms with E-state index < -0.39 is 0 Å². The molecule has 0 aliphatic rings. The van der Waals surface area contributed by atoms with Gasteiger partial charge in [-0.25, -0.2) is 4.98 Å². The van der Waals surface area contributed by atoms with Crippen molar-refractivity contribution in [1.82, 2.24) is 4.98 Å². The Balaban J connectivity index is 2.73. The van der Waals surface area contributed by atoms with E-state index in [9.17, 15) is 0 Å². The molecule has 0 aromatic carbocycles. The van der Waals surface area contributed by atoms with Crippen LogP contribution in [0, 0.1) is 6.92 Å². The van der Waals surface area contributed by atoms with Crippen LogP contribution in [-0.4, -0.2) is 22.7 Å². The van der Waals surface area contributed by atoms with Gasteiger partial charge in [-0.2, -0.15) is 0 Å². The van der Waals surface area contributed by atoms with E-state index in [4.69, 9.17) is 5.11 Å². The number of anilines is 1. The first kappa shape index (κ1) is 10.5. The minimum Gasteiger partial charge on any atom is -0.394 e. The number of aromatic nitrogens is 1. The molecule has 72 valence electrons. The third kappa shape index (κ3) is 2.97. The lowest BCUT2D eigenvalue weighted by Gasteiger charge is -2.11. The van der Waals surface area contributed by atoms with Gasteiger partial charge in [0.25, 0.3) is 0 Å². The van der Waals surface area contributed by atoms with E-state index >= 15 is 0 Å². The van der Waals surface area contributed by atoms with Crippen molar-refractivity contribution in [3.8, 4) is 0 Å². The molecule has 13 heavy (non-hydrogen) atoms. The van der Waals surface area contributed by atoms with Crippen LogP contribution in [0.1, 0.15) is 12.6 Å². The van der Waals surface area contributed by atoms with Crippen molar-refractivity contribution in [2.45, 2.75) is 19.9 Å². The molecule has 4 heteroatoms. The number of aliphatic hydroxyl groups is 1. The first-order valence-corrected chi connectivity index (χ1v) is 4.93. The summed E-state index contributed by atoms with van der Waals surface area (Å²) in [6, 6.07) is 3.85. The van der Waals surface area contributed by atoms with Crippen LogP contribution in [0.2, 0.25) is 0 Å². The molecule has 0 fully saturated rings. The van der Waals surface area contributed by atoms with Gasteiger partial charge in [0, 0.05) is 10.5 Å². The first-order valence-electron chi connectivity index (χ1n) is 4.14. The molecule has 1 unspecified atom stereocenters. The summed E-state index contributed by atoms with van der Waals surface area (Å²) in [5.41, 5.74) is 0.940. The van der Waals surface area contributed by atoms with Crippen LogP contribution >= 0.6 is 15.9 Å². The number of aliphatic hydroxyl groups excluding tert-OH is 1. The number of aryl methyl sites for hydroxylation is 1. The van der Waals surface area contributed by atoms with E-state index in [1.165, 1.54) is 0 Å². The summed E-state index contributed by atoms with van der Waals surface area (Å²) in [5.74, 6) is 0.794. The highest BCUT2D eigenvalue weighted by Gasteiger charge is 2.02. The Labute approximate surface area is 86.3 Å². The molecule has 0 radical (unpaired) electrons. The zero-order valence-electron chi connectivity index (χ0n) is 7.71. The molecule has 0 spiro atoms. The molecule has 0 saturated carbocycles. The lowest BCUT2D eigenvalue weighted by atomic mass is 10.3. The molecule has 3 nitrogen and oxygen atoms in total. The number of hydrogen-bond acceptors (Lipinski definition) is 3. The summed E-state index contributed by atoms with van der Waals surface area (Å²) < 4.78 is 0.995. The summed E-state index contributed by atoms with van der Waals surface area (Å²) >= 11 is 3.37. The van der Waals surface area contributed by atoms with Crippen molar-refractivity contribution in [3.63, 3.8) is 0 Å². The summed E-state index contributed by atoms with van der Waals surface area (Å²) in [7, 11) is 0. The molecule has 1 rings (SSSR count). The van der Waals surface area contributed by atoms with Gasteiger partial charge in [-0.3, -0.25) is 0 Å². The molecule has 1 aromatic heterocycles. The van der Waals surface area contributed by atoms with Gasteiger partial charge in [0.05, 0.1) is 12.3 Å². The van der Waals surface area contributed by atoms with Gasteiger partial charge in [-0.15, -0.1) is 0 Å². The Morgan fingerprint density at radius 3 is 2.85 bits per heavy atom. The SMILES string of the molecule is Cc1nc(NC(C)CO)ccc1Br. The smallest absolute Gasteiger partial charge is 0.126 e. The fourth-order valence-corrected chi connectivity index (χ4v) is 1.14. The summed E-state index contributed by atoms with van der Waals surface area (Å²) in [6.07, 6.45) is 0. The highest BCUT2D eigenvalue weighted by molar-refractivity contribution is 9.10. The van der Waals surface area contributed by atoms with Gasteiger partial charge in [-0.1, -0.05) is 0 Å². The second-order valence-corrected chi connectivity index (χ2v) is 3.85. The molecule has 0 aliphatic heterocycles. The second kappa shape index (κ2) is 4.58. The number of halogens is 1. The molecule has 0 amide bonds. The van der Waals surface area contributed by atoms with Gasteiger partial charge in [-0.05, 0) is 41.9 Å². The molecule has 0 saturated heterocycles. The zero-order valence-corrected chi connectivity index (χ0v) is 9.30. The molecule has 1 aromatic rings. The third-order valence-electron chi connectivity index (χ3n) is 1.69. The van der Waals surface area contributed by atoms with Crippen LogP contribution < -0.4 is 5.32 Å². The Hall–Kier alpha value is -0.610. The minimum absolute atomic E-state index is 0.0353.